The van der Waals surface area contributed by atoms with Gasteiger partial charge in [-0.25, -0.2) is 0 Å². The Bertz CT molecular complexity index is 771. The topological polar surface area (TPSA) is 46.2 Å². The maximum absolute atomic E-state index is 12.2. The third-order valence-corrected chi connectivity index (χ3v) is 5.92. The van der Waals surface area contributed by atoms with Gasteiger partial charge in [0.2, 0.25) is 5.91 Å². The Kier molecular flexibility index (Phi) is 9.14. The van der Waals surface area contributed by atoms with Crippen LogP contribution >= 0.6 is 0 Å². The molecule has 0 unspecified atom stereocenters. The second kappa shape index (κ2) is 12.3. The van der Waals surface area contributed by atoms with E-state index in [1.54, 1.807) is 0 Å². The van der Waals surface area contributed by atoms with Crippen LogP contribution in [0.15, 0.2) is 66.3 Å². The highest BCUT2D eigenvalue weighted by Crippen LogP contribution is 2.28. The van der Waals surface area contributed by atoms with E-state index in [2.05, 4.69) is 60.0 Å². The number of unbranched alkanes of at least 4 members (excludes halogenated alkanes) is 2. The molecule has 1 atom stereocenters. The number of benzene rings is 1. The number of allylic oxidation sites excluding steroid dienone is 6. The van der Waals surface area contributed by atoms with E-state index in [4.69, 9.17) is 0 Å². The van der Waals surface area contributed by atoms with Crippen LogP contribution in [0.1, 0.15) is 63.4 Å². The quantitative estimate of drug-likeness (QED) is 0.337. The molecule has 1 aromatic carbocycles. The van der Waals surface area contributed by atoms with Crippen LogP contribution in [0.4, 0.5) is 0 Å². The normalized spacial score (nSPS) is 19.0. The van der Waals surface area contributed by atoms with Gasteiger partial charge in [-0.1, -0.05) is 60.7 Å². The smallest absolute Gasteiger partial charge is 0.220 e. The Balaban J connectivity index is 1.29. The van der Waals surface area contributed by atoms with Crippen LogP contribution in [0.2, 0.25) is 0 Å². The first kappa shape index (κ1) is 22.3. The molecular weight excluding hydrogens is 370 g/mol. The molecule has 1 fully saturated rings. The molecule has 0 spiro atoms. The first-order valence-electron chi connectivity index (χ1n) is 11.6. The molecule has 3 nitrogen and oxygen atoms in total. The Morgan fingerprint density at radius 2 is 1.83 bits per heavy atom. The van der Waals surface area contributed by atoms with Crippen LogP contribution in [0.5, 0.6) is 0 Å². The fraction of sp³-hybridized carbons (Fsp3) is 0.481. The van der Waals surface area contributed by atoms with Gasteiger partial charge in [0.25, 0.3) is 0 Å². The van der Waals surface area contributed by atoms with Gasteiger partial charge in [0, 0.05) is 25.3 Å². The number of Topliss-reactive ketones (excluding diaryl/α,β-unsaturated/α-hetero) is 1. The number of aryl methyl sites for hydroxylation is 1. The van der Waals surface area contributed by atoms with Crippen molar-refractivity contribution in [2.24, 2.45) is 11.8 Å². The Morgan fingerprint density at radius 3 is 2.63 bits per heavy atom. The fourth-order valence-electron chi connectivity index (χ4n) is 3.83. The molecule has 0 aliphatic heterocycles. The number of carbonyl (C=O) groups is 2. The largest absolute Gasteiger partial charge is 0.356 e. The zero-order chi connectivity index (χ0) is 21.0. The minimum absolute atomic E-state index is 0.00784. The summed E-state index contributed by atoms with van der Waals surface area (Å²) in [4.78, 5) is 24.0. The van der Waals surface area contributed by atoms with Crippen LogP contribution in [0.3, 0.4) is 0 Å². The third-order valence-electron chi connectivity index (χ3n) is 5.92. The first-order valence-corrected chi connectivity index (χ1v) is 11.6. The highest BCUT2D eigenvalue weighted by Gasteiger charge is 2.24. The van der Waals surface area contributed by atoms with Crippen molar-refractivity contribution in [3.8, 4) is 0 Å². The van der Waals surface area contributed by atoms with Crippen molar-refractivity contribution in [3.63, 3.8) is 0 Å². The average molecular weight is 406 g/mol. The summed E-state index contributed by atoms with van der Waals surface area (Å²) < 4.78 is 0. The predicted octanol–water partition coefficient (Wildman–Crippen LogP) is 5.72. The molecule has 1 N–H and O–H groups in total. The molecule has 1 aromatic rings. The molecule has 2 aliphatic rings. The summed E-state index contributed by atoms with van der Waals surface area (Å²) in [5, 5.41) is 3.01. The van der Waals surface area contributed by atoms with Crippen molar-refractivity contribution < 1.29 is 9.59 Å². The summed E-state index contributed by atoms with van der Waals surface area (Å²) in [6, 6.07) is 10.6. The molecule has 0 radical (unpaired) electrons. The zero-order valence-corrected chi connectivity index (χ0v) is 18.0. The molecule has 0 heterocycles. The summed E-state index contributed by atoms with van der Waals surface area (Å²) in [5.74, 6) is 1.23. The van der Waals surface area contributed by atoms with Crippen LogP contribution in [0, 0.1) is 11.8 Å². The van der Waals surface area contributed by atoms with Crippen molar-refractivity contribution >= 4 is 11.7 Å². The third kappa shape index (κ3) is 8.14. The number of amides is 1. The molecule has 1 amide bonds. The van der Waals surface area contributed by atoms with Gasteiger partial charge in [0.15, 0.2) is 0 Å². The van der Waals surface area contributed by atoms with E-state index in [9.17, 15) is 9.59 Å². The van der Waals surface area contributed by atoms with Crippen LogP contribution in [-0.4, -0.2) is 18.2 Å². The Morgan fingerprint density at radius 1 is 1.03 bits per heavy atom. The highest BCUT2D eigenvalue weighted by atomic mass is 16.1. The number of hydrogen-bond acceptors (Lipinski definition) is 2. The molecule has 0 saturated heterocycles. The van der Waals surface area contributed by atoms with E-state index < -0.39 is 0 Å². The van der Waals surface area contributed by atoms with E-state index in [-0.39, 0.29) is 11.8 Å². The minimum Gasteiger partial charge on any atom is -0.356 e. The zero-order valence-electron chi connectivity index (χ0n) is 18.0. The Hall–Kier alpha value is -2.42. The molecule has 2 aliphatic carbocycles. The predicted molar refractivity (Wildman–Crippen MR) is 123 cm³/mol. The van der Waals surface area contributed by atoms with Crippen molar-refractivity contribution in [3.05, 3.63) is 71.8 Å². The van der Waals surface area contributed by atoms with E-state index in [1.807, 2.05) is 6.07 Å². The Labute approximate surface area is 181 Å². The van der Waals surface area contributed by atoms with Gasteiger partial charge in [0.1, 0.15) is 5.78 Å². The summed E-state index contributed by atoms with van der Waals surface area (Å²) in [7, 11) is 0. The molecule has 3 rings (SSSR count). The molecule has 0 aromatic heterocycles. The van der Waals surface area contributed by atoms with Crippen molar-refractivity contribution in [2.75, 3.05) is 6.54 Å². The van der Waals surface area contributed by atoms with Gasteiger partial charge in [0.05, 0.1) is 0 Å². The van der Waals surface area contributed by atoms with Gasteiger partial charge in [-0.2, -0.15) is 0 Å². The summed E-state index contributed by atoms with van der Waals surface area (Å²) in [5.41, 5.74) is 2.55. The van der Waals surface area contributed by atoms with E-state index in [0.29, 0.717) is 18.6 Å². The number of rotatable bonds is 13. The molecular formula is C27H35NO2. The first-order chi connectivity index (χ1) is 14.7. The SMILES string of the molecule is O=C(CCC/C=C\C[C@H]1C(=O)CC=C1/C=C/CCCc1ccccc1)NCC1CC1. The lowest BCUT2D eigenvalue weighted by Gasteiger charge is -2.08. The van der Waals surface area contributed by atoms with Crippen molar-refractivity contribution in [2.45, 2.75) is 64.2 Å². The second-order valence-corrected chi connectivity index (χ2v) is 8.55. The van der Waals surface area contributed by atoms with Gasteiger partial charge >= 0.3 is 0 Å². The molecule has 1 saturated carbocycles. The number of carbonyl (C=O) groups excluding carboxylic acids is 2. The van der Waals surface area contributed by atoms with Crippen LogP contribution in [-0.2, 0) is 16.0 Å². The minimum atomic E-state index is 0.00784. The van der Waals surface area contributed by atoms with Crippen LogP contribution in [0.25, 0.3) is 0 Å². The maximum atomic E-state index is 12.2. The van der Waals surface area contributed by atoms with Gasteiger partial charge in [-0.15, -0.1) is 0 Å². The lowest BCUT2D eigenvalue weighted by Crippen LogP contribution is -2.24. The van der Waals surface area contributed by atoms with Gasteiger partial charge < -0.3 is 5.32 Å². The van der Waals surface area contributed by atoms with E-state index in [0.717, 1.165) is 51.0 Å². The maximum Gasteiger partial charge on any atom is 0.220 e. The second-order valence-electron chi connectivity index (χ2n) is 8.55. The molecule has 30 heavy (non-hydrogen) atoms. The lowest BCUT2D eigenvalue weighted by atomic mass is 9.95. The van der Waals surface area contributed by atoms with Crippen LogP contribution < -0.4 is 5.32 Å². The van der Waals surface area contributed by atoms with Crippen molar-refractivity contribution in [1.82, 2.24) is 5.32 Å². The molecule has 0 bridgehead atoms. The monoisotopic (exact) mass is 405 g/mol. The van der Waals surface area contributed by atoms with E-state index >= 15 is 0 Å². The molecule has 3 heteroatoms. The lowest BCUT2D eigenvalue weighted by molar-refractivity contribution is -0.121. The molecule has 160 valence electrons. The fourth-order valence-corrected chi connectivity index (χ4v) is 3.83. The summed E-state index contributed by atoms with van der Waals surface area (Å²) in [6.45, 7) is 0.855. The average Bonchev–Trinajstić information content (AvgIpc) is 3.53. The highest BCUT2D eigenvalue weighted by molar-refractivity contribution is 5.89. The number of nitrogens with one attached hydrogen (secondary N) is 1. The van der Waals surface area contributed by atoms with Crippen molar-refractivity contribution in [1.29, 1.82) is 0 Å². The van der Waals surface area contributed by atoms with Gasteiger partial charge in [-0.05, 0) is 68.4 Å². The summed E-state index contributed by atoms with van der Waals surface area (Å²) in [6.07, 6.45) is 20.2. The number of ketones is 1. The summed E-state index contributed by atoms with van der Waals surface area (Å²) >= 11 is 0. The standard InChI is InChI=1S/C27H35NO2/c29-26-20-19-24(14-8-4-7-13-22-11-5-3-6-12-22)25(26)15-9-1-2-10-16-27(30)28-21-23-17-18-23/h1,3,5-6,8-9,11-12,14,19,23,25H,2,4,7,10,13,15-18,20-21H2,(H,28,30)/b9-1-,14-8+/t25-/m1/s1. The van der Waals surface area contributed by atoms with E-state index in [1.165, 1.54) is 24.0 Å². The van der Waals surface area contributed by atoms with Gasteiger partial charge in [-0.3, -0.25) is 9.59 Å². The number of hydrogen-bond donors (Lipinski definition) is 1.